The summed E-state index contributed by atoms with van der Waals surface area (Å²) < 4.78 is 16.7. The van der Waals surface area contributed by atoms with E-state index in [2.05, 4.69) is 19.1 Å². The van der Waals surface area contributed by atoms with Gasteiger partial charge in [0.1, 0.15) is 24.9 Å². The van der Waals surface area contributed by atoms with E-state index in [9.17, 15) is 0 Å². The third-order valence-corrected chi connectivity index (χ3v) is 2.61. The number of terminal acetylenes is 1. The fourth-order valence-electron chi connectivity index (χ4n) is 1.91. The Labute approximate surface area is 97.1 Å². The van der Waals surface area contributed by atoms with Crippen LogP contribution in [0, 0.1) is 12.3 Å². The molecule has 3 nitrogen and oxygen atoms in total. The zero-order valence-corrected chi connectivity index (χ0v) is 9.59. The zero-order chi connectivity index (χ0) is 12.0. The van der Waals surface area contributed by atoms with Gasteiger partial charge in [-0.1, -0.05) is 18.1 Å². The maximum Gasteiger partial charge on any atom is 0.116 e. The van der Waals surface area contributed by atoms with Gasteiger partial charge in [-0.3, -0.25) is 0 Å². The fraction of sp³-hybridized carbons (Fsp3) is 0.538. The first-order valence-electron chi connectivity index (χ1n) is 5.25. The Hall–Kier alpha value is -1.08. The van der Waals surface area contributed by atoms with E-state index in [0.29, 0.717) is 6.42 Å². The average molecular weight is 222 g/mol. The smallest absolute Gasteiger partial charge is 0.116 e. The third-order valence-electron chi connectivity index (χ3n) is 2.61. The molecule has 0 aliphatic carbocycles. The summed E-state index contributed by atoms with van der Waals surface area (Å²) in [6.45, 7) is 7.68. The van der Waals surface area contributed by atoms with Crippen LogP contribution in [-0.2, 0) is 14.2 Å². The van der Waals surface area contributed by atoms with Gasteiger partial charge in [0.25, 0.3) is 0 Å². The normalized spacial score (nSPS) is 33.2. The van der Waals surface area contributed by atoms with Crippen molar-refractivity contribution in [1.82, 2.24) is 0 Å². The molecule has 0 saturated carbocycles. The molecule has 1 heterocycles. The SMILES string of the molecule is C#CCO[C@@H]1[C@@H](OC)[C@@H](C=C)O[C@H]1CC=C. The predicted octanol–water partition coefficient (Wildman–Crippen LogP) is 1.55. The van der Waals surface area contributed by atoms with E-state index < -0.39 is 0 Å². The van der Waals surface area contributed by atoms with E-state index in [1.165, 1.54) is 0 Å². The number of hydrogen-bond acceptors (Lipinski definition) is 3. The lowest BCUT2D eigenvalue weighted by molar-refractivity contribution is -0.0368. The highest BCUT2D eigenvalue weighted by atomic mass is 16.6. The molecule has 88 valence electrons. The molecule has 0 N–H and O–H groups in total. The van der Waals surface area contributed by atoms with Gasteiger partial charge in [0.15, 0.2) is 0 Å². The lowest BCUT2D eigenvalue weighted by Gasteiger charge is -2.21. The van der Waals surface area contributed by atoms with Crippen LogP contribution >= 0.6 is 0 Å². The van der Waals surface area contributed by atoms with Crippen molar-refractivity contribution in [3.05, 3.63) is 25.3 Å². The monoisotopic (exact) mass is 222 g/mol. The predicted molar refractivity (Wildman–Crippen MR) is 63.0 cm³/mol. The average Bonchev–Trinajstić information content (AvgIpc) is 2.64. The molecule has 1 aliphatic heterocycles. The van der Waals surface area contributed by atoms with E-state index in [0.717, 1.165) is 0 Å². The summed E-state index contributed by atoms with van der Waals surface area (Å²) in [4.78, 5) is 0. The van der Waals surface area contributed by atoms with Gasteiger partial charge in [-0.25, -0.2) is 0 Å². The van der Waals surface area contributed by atoms with Gasteiger partial charge in [-0.15, -0.1) is 19.6 Å². The molecule has 1 saturated heterocycles. The minimum Gasteiger partial charge on any atom is -0.376 e. The number of methoxy groups -OCH3 is 1. The fourth-order valence-corrected chi connectivity index (χ4v) is 1.91. The molecule has 1 aliphatic rings. The van der Waals surface area contributed by atoms with Gasteiger partial charge in [-0.05, 0) is 6.42 Å². The van der Waals surface area contributed by atoms with Gasteiger partial charge in [-0.2, -0.15) is 0 Å². The third kappa shape index (κ3) is 2.73. The summed E-state index contributed by atoms with van der Waals surface area (Å²) in [6.07, 6.45) is 8.87. The number of rotatable bonds is 6. The van der Waals surface area contributed by atoms with Gasteiger partial charge >= 0.3 is 0 Å². The molecule has 1 fully saturated rings. The maximum absolute atomic E-state index is 5.76. The van der Waals surface area contributed by atoms with Crippen LogP contribution in [0.15, 0.2) is 25.3 Å². The molecular weight excluding hydrogens is 204 g/mol. The second kappa shape index (κ2) is 6.49. The van der Waals surface area contributed by atoms with Crippen LogP contribution in [0.5, 0.6) is 0 Å². The van der Waals surface area contributed by atoms with Crippen molar-refractivity contribution < 1.29 is 14.2 Å². The maximum atomic E-state index is 5.76. The van der Waals surface area contributed by atoms with Crippen molar-refractivity contribution in [2.24, 2.45) is 0 Å². The van der Waals surface area contributed by atoms with Crippen LogP contribution < -0.4 is 0 Å². The van der Waals surface area contributed by atoms with Crippen LogP contribution in [0.2, 0.25) is 0 Å². The van der Waals surface area contributed by atoms with E-state index >= 15 is 0 Å². The molecule has 0 unspecified atom stereocenters. The van der Waals surface area contributed by atoms with E-state index in [1.807, 2.05) is 0 Å². The summed E-state index contributed by atoms with van der Waals surface area (Å²) in [5.74, 6) is 2.45. The van der Waals surface area contributed by atoms with Crippen molar-refractivity contribution in [2.75, 3.05) is 13.7 Å². The zero-order valence-electron chi connectivity index (χ0n) is 9.59. The van der Waals surface area contributed by atoms with Gasteiger partial charge in [0.05, 0.1) is 6.10 Å². The summed E-state index contributed by atoms with van der Waals surface area (Å²) in [7, 11) is 1.63. The van der Waals surface area contributed by atoms with Crippen LogP contribution in [0.3, 0.4) is 0 Å². The second-order valence-electron chi connectivity index (χ2n) is 3.58. The Morgan fingerprint density at radius 1 is 1.44 bits per heavy atom. The van der Waals surface area contributed by atoms with E-state index in [-0.39, 0.29) is 31.0 Å². The Balaban J connectivity index is 2.73. The minimum absolute atomic E-state index is 0.0706. The molecule has 4 atom stereocenters. The summed E-state index contributed by atoms with van der Waals surface area (Å²) in [5.41, 5.74) is 0. The Kier molecular flexibility index (Phi) is 5.27. The Bertz CT molecular complexity index is 279. The minimum atomic E-state index is -0.165. The van der Waals surface area contributed by atoms with Crippen molar-refractivity contribution >= 4 is 0 Å². The summed E-state index contributed by atoms with van der Waals surface area (Å²) in [5, 5.41) is 0. The number of ether oxygens (including phenoxy) is 3. The molecular formula is C13H18O3. The van der Waals surface area contributed by atoms with Crippen LogP contribution in [-0.4, -0.2) is 38.1 Å². The van der Waals surface area contributed by atoms with E-state index in [4.69, 9.17) is 20.6 Å². The molecule has 0 amide bonds. The van der Waals surface area contributed by atoms with Gasteiger partial charge < -0.3 is 14.2 Å². The Morgan fingerprint density at radius 2 is 2.19 bits per heavy atom. The molecule has 16 heavy (non-hydrogen) atoms. The van der Waals surface area contributed by atoms with Crippen LogP contribution in [0.4, 0.5) is 0 Å². The number of hydrogen-bond donors (Lipinski definition) is 0. The van der Waals surface area contributed by atoms with E-state index in [1.54, 1.807) is 19.3 Å². The largest absolute Gasteiger partial charge is 0.376 e. The molecule has 0 aromatic rings. The molecule has 0 radical (unpaired) electrons. The van der Waals surface area contributed by atoms with Crippen molar-refractivity contribution in [1.29, 1.82) is 0 Å². The standard InChI is InChI=1S/C13H18O3/c1-5-8-11-13(15-9-6-2)12(14-4)10(7-3)16-11/h2,5,7,10-13H,1,3,8-9H2,4H3/t10-,11+,12+,13+/m1/s1. The molecule has 0 aromatic heterocycles. The van der Waals surface area contributed by atoms with Crippen LogP contribution in [0.1, 0.15) is 6.42 Å². The first-order chi connectivity index (χ1) is 7.78. The first kappa shape index (κ1) is 13.0. The summed E-state index contributed by atoms with van der Waals surface area (Å²) >= 11 is 0. The van der Waals surface area contributed by atoms with Gasteiger partial charge in [0, 0.05) is 7.11 Å². The van der Waals surface area contributed by atoms with Crippen molar-refractivity contribution in [3.63, 3.8) is 0 Å². The highest BCUT2D eigenvalue weighted by Crippen LogP contribution is 2.28. The lowest BCUT2D eigenvalue weighted by Crippen LogP contribution is -2.36. The van der Waals surface area contributed by atoms with Crippen LogP contribution in [0.25, 0.3) is 0 Å². The highest BCUT2D eigenvalue weighted by Gasteiger charge is 2.43. The van der Waals surface area contributed by atoms with Crippen molar-refractivity contribution in [2.45, 2.75) is 30.8 Å². The topological polar surface area (TPSA) is 27.7 Å². The highest BCUT2D eigenvalue weighted by molar-refractivity contribution is 5.02. The molecule has 0 spiro atoms. The molecule has 0 bridgehead atoms. The molecule has 3 heteroatoms. The molecule has 0 aromatic carbocycles. The lowest BCUT2D eigenvalue weighted by atomic mass is 10.1. The summed E-state index contributed by atoms with van der Waals surface area (Å²) in [6, 6.07) is 0. The second-order valence-corrected chi connectivity index (χ2v) is 3.58. The van der Waals surface area contributed by atoms with Gasteiger partial charge in [0.2, 0.25) is 0 Å². The molecule has 1 rings (SSSR count). The van der Waals surface area contributed by atoms with Crippen molar-refractivity contribution in [3.8, 4) is 12.3 Å². The first-order valence-corrected chi connectivity index (χ1v) is 5.25. The quantitative estimate of drug-likeness (QED) is 0.504. The Morgan fingerprint density at radius 3 is 2.69 bits per heavy atom.